The zero-order valence-corrected chi connectivity index (χ0v) is 22.2. The van der Waals surface area contributed by atoms with Crippen LogP contribution in [0.3, 0.4) is 0 Å². The third-order valence-electron chi connectivity index (χ3n) is 6.62. The van der Waals surface area contributed by atoms with E-state index in [-0.39, 0.29) is 17.9 Å². The summed E-state index contributed by atoms with van der Waals surface area (Å²) in [5, 5.41) is 17.3. The molecular weight excluding hydrogens is 508 g/mol. The molecule has 4 heterocycles. The Morgan fingerprint density at radius 3 is 2.75 bits per heavy atom. The molecule has 0 radical (unpaired) electrons. The number of likely N-dealkylation sites (tertiary alicyclic amines) is 1. The molecule has 0 aliphatic carbocycles. The number of hydrogen-bond donors (Lipinski definition) is 2. The number of rotatable bonds is 7. The minimum atomic E-state index is -0.359. The van der Waals surface area contributed by atoms with E-state index in [9.17, 15) is 9.59 Å². The average Bonchev–Trinajstić information content (AvgIpc) is 3.59. The fourth-order valence-corrected chi connectivity index (χ4v) is 4.60. The highest BCUT2D eigenvalue weighted by atomic mass is 16.2. The highest BCUT2D eigenvalue weighted by molar-refractivity contribution is 6.04. The van der Waals surface area contributed by atoms with Crippen LogP contribution in [0.2, 0.25) is 0 Å². The number of aromatic nitrogens is 5. The smallest absolute Gasteiger partial charge is 0.256 e. The van der Waals surface area contributed by atoms with Crippen LogP contribution in [0.15, 0.2) is 61.1 Å². The maximum Gasteiger partial charge on any atom is 0.256 e. The molecule has 5 rings (SSSR count). The molecule has 1 aromatic carbocycles. The van der Waals surface area contributed by atoms with E-state index in [1.165, 1.54) is 18.6 Å². The Labute approximate surface area is 230 Å². The van der Waals surface area contributed by atoms with E-state index in [1.54, 1.807) is 36.4 Å². The number of anilines is 2. The minimum absolute atomic E-state index is 0.0291. The van der Waals surface area contributed by atoms with Crippen molar-refractivity contribution in [3.05, 3.63) is 72.2 Å². The Morgan fingerprint density at radius 2 is 2.00 bits per heavy atom. The van der Waals surface area contributed by atoms with Gasteiger partial charge in [-0.15, -0.1) is 0 Å². The Kier molecular flexibility index (Phi) is 7.48. The first-order chi connectivity index (χ1) is 19.3. The fraction of sp³-hybridized carbons (Fsp3) is 0.250. The summed E-state index contributed by atoms with van der Waals surface area (Å²) in [5.41, 5.74) is 9.01. The van der Waals surface area contributed by atoms with Gasteiger partial charge in [-0.1, -0.05) is 18.2 Å². The summed E-state index contributed by atoms with van der Waals surface area (Å²) in [6, 6.07) is 11.9. The number of carbonyl (C=O) groups is 2. The zero-order chi connectivity index (χ0) is 28.2. The largest absolute Gasteiger partial charge is 0.383 e. The maximum atomic E-state index is 12.8. The van der Waals surface area contributed by atoms with Crippen LogP contribution in [0.4, 0.5) is 11.6 Å². The lowest BCUT2D eigenvalue weighted by molar-refractivity contribution is -0.125. The molecule has 3 N–H and O–H groups in total. The SMILES string of the molecule is CN(C)C/C=C/C(=O)N1CCC(n2nc(-c3ccc(C(=O)Nc4cc(C#N)ccn4)cc3)c3c(N)ncnc32)C1. The molecule has 0 bridgehead atoms. The predicted octanol–water partition coefficient (Wildman–Crippen LogP) is 2.49. The predicted molar refractivity (Wildman–Crippen MR) is 150 cm³/mol. The number of pyridine rings is 1. The Hall–Kier alpha value is -5.15. The van der Waals surface area contributed by atoms with Crippen molar-refractivity contribution < 1.29 is 9.59 Å². The van der Waals surface area contributed by atoms with Gasteiger partial charge in [-0.2, -0.15) is 10.4 Å². The first-order valence-corrected chi connectivity index (χ1v) is 12.7. The van der Waals surface area contributed by atoms with Gasteiger partial charge in [-0.3, -0.25) is 9.59 Å². The molecule has 202 valence electrons. The van der Waals surface area contributed by atoms with Crippen molar-refractivity contribution in [3.8, 4) is 17.3 Å². The monoisotopic (exact) mass is 536 g/mol. The highest BCUT2D eigenvalue weighted by Gasteiger charge is 2.30. The Bertz CT molecular complexity index is 1640. The average molecular weight is 537 g/mol. The van der Waals surface area contributed by atoms with E-state index >= 15 is 0 Å². The summed E-state index contributed by atoms with van der Waals surface area (Å²) in [5.74, 6) is 0.204. The normalized spacial score (nSPS) is 15.2. The molecule has 1 aliphatic rings. The summed E-state index contributed by atoms with van der Waals surface area (Å²) in [7, 11) is 3.90. The van der Waals surface area contributed by atoms with Gasteiger partial charge in [0.05, 0.1) is 23.1 Å². The van der Waals surface area contributed by atoms with Gasteiger partial charge in [0.15, 0.2) is 5.65 Å². The topological polar surface area (TPSA) is 159 Å². The second-order valence-corrected chi connectivity index (χ2v) is 9.72. The van der Waals surface area contributed by atoms with Crippen LogP contribution in [0.5, 0.6) is 0 Å². The van der Waals surface area contributed by atoms with E-state index in [0.717, 1.165) is 12.0 Å². The molecule has 0 spiro atoms. The summed E-state index contributed by atoms with van der Waals surface area (Å²) in [6.45, 7) is 1.81. The fourth-order valence-electron chi connectivity index (χ4n) is 4.60. The molecule has 40 heavy (non-hydrogen) atoms. The van der Waals surface area contributed by atoms with Crippen molar-refractivity contribution in [2.45, 2.75) is 12.5 Å². The van der Waals surface area contributed by atoms with Crippen LogP contribution in [0.25, 0.3) is 22.3 Å². The van der Waals surface area contributed by atoms with E-state index < -0.39 is 0 Å². The first-order valence-electron chi connectivity index (χ1n) is 12.7. The van der Waals surface area contributed by atoms with Gasteiger partial charge < -0.3 is 20.9 Å². The molecule has 1 atom stereocenters. The van der Waals surface area contributed by atoms with Gasteiger partial charge in [0, 0.05) is 43.0 Å². The van der Waals surface area contributed by atoms with Crippen LogP contribution in [0, 0.1) is 11.3 Å². The van der Waals surface area contributed by atoms with Crippen molar-refractivity contribution in [1.82, 2.24) is 34.5 Å². The summed E-state index contributed by atoms with van der Waals surface area (Å²) >= 11 is 0. The maximum absolute atomic E-state index is 12.8. The van der Waals surface area contributed by atoms with Crippen LogP contribution in [-0.2, 0) is 4.79 Å². The molecule has 3 aromatic heterocycles. The number of nitrogens with one attached hydrogen (secondary N) is 1. The Balaban J connectivity index is 1.38. The van der Waals surface area contributed by atoms with Gasteiger partial charge in [0.25, 0.3) is 5.91 Å². The molecule has 2 amide bonds. The van der Waals surface area contributed by atoms with E-state index in [4.69, 9.17) is 16.1 Å². The number of nitriles is 1. The number of likely N-dealkylation sites (N-methyl/N-ethyl adjacent to an activating group) is 1. The van der Waals surface area contributed by atoms with Crippen molar-refractivity contribution in [1.29, 1.82) is 5.26 Å². The molecule has 1 fully saturated rings. The lowest BCUT2D eigenvalue weighted by atomic mass is 10.1. The van der Waals surface area contributed by atoms with Crippen LogP contribution in [-0.4, -0.2) is 80.1 Å². The van der Waals surface area contributed by atoms with Gasteiger partial charge in [0.1, 0.15) is 23.7 Å². The summed E-state index contributed by atoms with van der Waals surface area (Å²) in [4.78, 5) is 42.0. The second-order valence-electron chi connectivity index (χ2n) is 9.72. The Morgan fingerprint density at radius 1 is 1.20 bits per heavy atom. The summed E-state index contributed by atoms with van der Waals surface area (Å²) < 4.78 is 1.83. The van der Waals surface area contributed by atoms with Gasteiger partial charge >= 0.3 is 0 Å². The lowest BCUT2D eigenvalue weighted by Crippen LogP contribution is -2.28. The van der Waals surface area contributed by atoms with E-state index in [1.807, 2.05) is 40.7 Å². The van der Waals surface area contributed by atoms with Crippen LogP contribution in [0.1, 0.15) is 28.4 Å². The molecule has 4 aromatic rings. The molecule has 1 saturated heterocycles. The highest BCUT2D eigenvalue weighted by Crippen LogP contribution is 2.34. The van der Waals surface area contributed by atoms with Crippen LogP contribution >= 0.6 is 0 Å². The van der Waals surface area contributed by atoms with Gasteiger partial charge in [-0.25, -0.2) is 19.6 Å². The number of nitrogen functional groups attached to an aromatic ring is 1. The van der Waals surface area contributed by atoms with Crippen molar-refractivity contribution in [2.75, 3.05) is 44.8 Å². The standard InChI is InChI=1S/C28H28N10O2/c1-36(2)12-3-4-23(39)37-13-10-21(16-37)38-27-24(26(30)32-17-33-27)25(35-38)19-5-7-20(8-6-19)28(40)34-22-14-18(15-29)9-11-31-22/h3-9,11,14,17,21H,10,12-13,16H2,1-2H3,(H2,30,32,33)(H,31,34,40)/b4-3+. The van der Waals surface area contributed by atoms with Crippen molar-refractivity contribution in [3.63, 3.8) is 0 Å². The number of benzene rings is 1. The first kappa shape index (κ1) is 26.5. The molecular formula is C28H28N10O2. The van der Waals surface area contributed by atoms with Crippen molar-refractivity contribution in [2.24, 2.45) is 0 Å². The third kappa shape index (κ3) is 5.50. The number of nitrogens with zero attached hydrogens (tertiary/aromatic N) is 8. The van der Waals surface area contributed by atoms with Gasteiger partial charge in [0.2, 0.25) is 5.91 Å². The number of amides is 2. The zero-order valence-electron chi connectivity index (χ0n) is 22.2. The molecule has 1 aliphatic heterocycles. The third-order valence-corrected chi connectivity index (χ3v) is 6.62. The number of hydrogen-bond acceptors (Lipinski definition) is 9. The van der Waals surface area contributed by atoms with Crippen molar-refractivity contribution >= 4 is 34.5 Å². The molecule has 12 nitrogen and oxygen atoms in total. The number of carbonyl (C=O) groups excluding carboxylic acids is 2. The van der Waals surface area contributed by atoms with Gasteiger partial charge in [-0.05, 0) is 44.8 Å². The molecule has 1 unspecified atom stereocenters. The van der Waals surface area contributed by atoms with Crippen LogP contribution < -0.4 is 11.1 Å². The molecule has 12 heteroatoms. The van der Waals surface area contributed by atoms with E-state index in [2.05, 4.69) is 20.3 Å². The number of fused-ring (bicyclic) bond motifs is 1. The quantitative estimate of drug-likeness (QED) is 0.338. The molecule has 0 saturated carbocycles. The minimum Gasteiger partial charge on any atom is -0.383 e. The van der Waals surface area contributed by atoms with E-state index in [0.29, 0.717) is 59.1 Å². The summed E-state index contributed by atoms with van der Waals surface area (Å²) in [6.07, 6.45) is 7.07. The second kappa shape index (κ2) is 11.3. The number of nitrogens with two attached hydrogens (primary N) is 1. The lowest BCUT2D eigenvalue weighted by Gasteiger charge is -2.15.